The van der Waals surface area contributed by atoms with Gasteiger partial charge in [-0.25, -0.2) is 9.79 Å². The minimum atomic E-state index is -0.527. The zero-order valence-electron chi connectivity index (χ0n) is 18.0. The molecular weight excluding hydrogens is 442 g/mol. The van der Waals surface area contributed by atoms with E-state index in [1.165, 1.54) is 0 Å². The summed E-state index contributed by atoms with van der Waals surface area (Å²) in [4.78, 5) is 16.6. The van der Waals surface area contributed by atoms with E-state index in [2.05, 4.69) is 4.99 Å². The summed E-state index contributed by atoms with van der Waals surface area (Å²) in [7, 11) is 0. The molecule has 4 rings (SSSR count). The van der Waals surface area contributed by atoms with E-state index in [1.54, 1.807) is 18.2 Å². The monoisotopic (exact) mass is 463 g/mol. The number of esters is 1. The van der Waals surface area contributed by atoms with Crippen molar-refractivity contribution in [1.29, 1.82) is 0 Å². The van der Waals surface area contributed by atoms with Gasteiger partial charge in [0.05, 0.1) is 11.6 Å². The molecule has 33 heavy (non-hydrogen) atoms. The average molecular weight is 464 g/mol. The number of carbonyl (C=O) groups excluding carboxylic acids is 1. The second-order valence-electron chi connectivity index (χ2n) is 6.98. The molecule has 0 atom stereocenters. The Morgan fingerprint density at radius 2 is 1.64 bits per heavy atom. The number of benzene rings is 3. The van der Waals surface area contributed by atoms with E-state index in [0.29, 0.717) is 35.3 Å². The largest absolute Gasteiger partial charge is 0.490 e. The number of hydrogen-bond acceptors (Lipinski definition) is 6. The van der Waals surface area contributed by atoms with E-state index in [0.717, 1.165) is 11.3 Å². The van der Waals surface area contributed by atoms with Gasteiger partial charge >= 0.3 is 5.97 Å². The minimum Gasteiger partial charge on any atom is -0.490 e. The molecule has 1 aliphatic rings. The predicted octanol–water partition coefficient (Wildman–Crippen LogP) is 5.54. The Morgan fingerprint density at radius 3 is 2.36 bits per heavy atom. The van der Waals surface area contributed by atoms with Crippen LogP contribution in [0.25, 0.3) is 6.08 Å². The zero-order chi connectivity index (χ0) is 23.0. The highest BCUT2D eigenvalue weighted by atomic mass is 35.5. The van der Waals surface area contributed by atoms with Gasteiger partial charge in [-0.1, -0.05) is 48.0 Å². The quantitative estimate of drug-likeness (QED) is 0.237. The van der Waals surface area contributed by atoms with Gasteiger partial charge in [-0.15, -0.1) is 0 Å². The van der Waals surface area contributed by atoms with Crippen LogP contribution in [0.1, 0.15) is 18.1 Å². The van der Waals surface area contributed by atoms with Gasteiger partial charge in [-0.05, 0) is 55.0 Å². The molecule has 0 spiro atoms. The molecule has 0 aliphatic carbocycles. The first-order valence-corrected chi connectivity index (χ1v) is 10.9. The third kappa shape index (κ3) is 5.73. The summed E-state index contributed by atoms with van der Waals surface area (Å²) in [5.41, 5.74) is 1.54. The smallest absolute Gasteiger partial charge is 0.363 e. The SMILES string of the molecule is CCOc1cc(/C=C2/N=C(c3ccccc3)OC2=O)cc(Cl)c1OCCOc1ccccc1. The molecule has 1 aliphatic heterocycles. The number of rotatable bonds is 9. The highest BCUT2D eigenvalue weighted by molar-refractivity contribution is 6.32. The fourth-order valence-corrected chi connectivity index (χ4v) is 3.44. The van der Waals surface area contributed by atoms with Crippen molar-refractivity contribution in [1.82, 2.24) is 0 Å². The standard InChI is InChI=1S/C26H22ClNO5/c1-2-30-23-17-18(16-22-26(29)33-25(28-22)19-9-5-3-6-10-19)15-21(27)24(23)32-14-13-31-20-11-7-4-8-12-20/h3-12,15-17H,2,13-14H2,1H3/b22-16+. The Morgan fingerprint density at radius 1 is 0.939 bits per heavy atom. The molecule has 168 valence electrons. The molecule has 0 fully saturated rings. The predicted molar refractivity (Wildman–Crippen MR) is 127 cm³/mol. The van der Waals surface area contributed by atoms with Crippen molar-refractivity contribution < 1.29 is 23.7 Å². The first-order chi connectivity index (χ1) is 16.1. The molecule has 0 N–H and O–H groups in total. The van der Waals surface area contributed by atoms with Gasteiger partial charge in [0.15, 0.2) is 17.2 Å². The Bertz CT molecular complexity index is 1180. The number of aliphatic imine (C=N–C) groups is 1. The molecule has 0 bridgehead atoms. The number of halogens is 1. The highest BCUT2D eigenvalue weighted by Crippen LogP contribution is 2.37. The number of cyclic esters (lactones) is 1. The van der Waals surface area contributed by atoms with Crippen molar-refractivity contribution in [3.63, 3.8) is 0 Å². The Kier molecular flexibility index (Phi) is 7.27. The second kappa shape index (κ2) is 10.7. The average Bonchev–Trinajstić information content (AvgIpc) is 3.19. The first kappa shape index (κ1) is 22.4. The maximum Gasteiger partial charge on any atom is 0.363 e. The third-order valence-electron chi connectivity index (χ3n) is 4.62. The van der Waals surface area contributed by atoms with Crippen LogP contribution in [0.3, 0.4) is 0 Å². The fraction of sp³-hybridized carbons (Fsp3) is 0.154. The summed E-state index contributed by atoms with van der Waals surface area (Å²) in [5.74, 6) is 1.38. The highest BCUT2D eigenvalue weighted by Gasteiger charge is 2.24. The summed E-state index contributed by atoms with van der Waals surface area (Å²) in [6, 6.07) is 22.2. The Balaban J connectivity index is 1.50. The molecule has 0 amide bonds. The van der Waals surface area contributed by atoms with Crippen LogP contribution in [0.2, 0.25) is 5.02 Å². The van der Waals surface area contributed by atoms with Crippen molar-refractivity contribution in [2.75, 3.05) is 19.8 Å². The van der Waals surface area contributed by atoms with Gasteiger partial charge in [-0.2, -0.15) is 0 Å². The summed E-state index contributed by atoms with van der Waals surface area (Å²) < 4.78 is 22.5. The molecule has 1 heterocycles. The lowest BCUT2D eigenvalue weighted by molar-refractivity contribution is -0.129. The van der Waals surface area contributed by atoms with Gasteiger partial charge in [0, 0.05) is 5.56 Å². The van der Waals surface area contributed by atoms with Crippen molar-refractivity contribution >= 4 is 29.5 Å². The summed E-state index contributed by atoms with van der Waals surface area (Å²) >= 11 is 6.49. The first-order valence-electron chi connectivity index (χ1n) is 10.5. The van der Waals surface area contributed by atoms with E-state index >= 15 is 0 Å². The van der Waals surface area contributed by atoms with Crippen LogP contribution < -0.4 is 14.2 Å². The topological polar surface area (TPSA) is 66.4 Å². The lowest BCUT2D eigenvalue weighted by Gasteiger charge is -2.15. The molecule has 0 saturated carbocycles. The van der Waals surface area contributed by atoms with E-state index < -0.39 is 5.97 Å². The molecule has 0 aromatic heterocycles. The van der Waals surface area contributed by atoms with Gasteiger partial charge in [0.2, 0.25) is 5.90 Å². The summed E-state index contributed by atoms with van der Waals surface area (Å²) in [6.45, 7) is 2.92. The normalized spacial score (nSPS) is 14.1. The molecular formula is C26H22ClNO5. The lowest BCUT2D eigenvalue weighted by atomic mass is 10.1. The number of ether oxygens (including phenoxy) is 4. The Labute approximate surface area is 197 Å². The fourth-order valence-electron chi connectivity index (χ4n) is 3.17. The lowest BCUT2D eigenvalue weighted by Crippen LogP contribution is -2.10. The Hall–Kier alpha value is -3.77. The van der Waals surface area contributed by atoms with Crippen molar-refractivity contribution in [3.8, 4) is 17.2 Å². The molecule has 0 saturated heterocycles. The maximum atomic E-state index is 12.3. The van der Waals surface area contributed by atoms with Crippen molar-refractivity contribution in [2.45, 2.75) is 6.92 Å². The van der Waals surface area contributed by atoms with Gasteiger partial charge in [-0.3, -0.25) is 0 Å². The van der Waals surface area contributed by atoms with Gasteiger partial charge in [0.25, 0.3) is 0 Å². The molecule has 3 aromatic rings. The number of carbonyl (C=O) groups is 1. The van der Waals surface area contributed by atoms with Crippen LogP contribution in [0.4, 0.5) is 0 Å². The molecule has 7 heteroatoms. The van der Waals surface area contributed by atoms with Crippen LogP contribution in [0.5, 0.6) is 17.2 Å². The van der Waals surface area contributed by atoms with E-state index in [4.69, 9.17) is 30.5 Å². The van der Waals surface area contributed by atoms with Crippen LogP contribution in [-0.2, 0) is 9.53 Å². The number of hydrogen-bond donors (Lipinski definition) is 0. The van der Waals surface area contributed by atoms with Gasteiger partial charge in [0.1, 0.15) is 19.0 Å². The third-order valence-corrected chi connectivity index (χ3v) is 4.90. The number of nitrogens with zero attached hydrogens (tertiary/aromatic N) is 1. The van der Waals surface area contributed by atoms with E-state index in [-0.39, 0.29) is 18.2 Å². The van der Waals surface area contributed by atoms with Crippen LogP contribution in [0, 0.1) is 0 Å². The van der Waals surface area contributed by atoms with E-state index in [9.17, 15) is 4.79 Å². The zero-order valence-corrected chi connectivity index (χ0v) is 18.7. The van der Waals surface area contributed by atoms with Crippen LogP contribution in [0.15, 0.2) is 83.5 Å². The molecule has 6 nitrogen and oxygen atoms in total. The molecule has 0 unspecified atom stereocenters. The van der Waals surface area contributed by atoms with Crippen LogP contribution >= 0.6 is 11.6 Å². The van der Waals surface area contributed by atoms with Crippen molar-refractivity contribution in [3.05, 3.63) is 94.6 Å². The molecule has 3 aromatic carbocycles. The van der Waals surface area contributed by atoms with E-state index in [1.807, 2.05) is 67.6 Å². The summed E-state index contributed by atoms with van der Waals surface area (Å²) in [5, 5.41) is 0.353. The van der Waals surface area contributed by atoms with Crippen molar-refractivity contribution in [2.24, 2.45) is 4.99 Å². The summed E-state index contributed by atoms with van der Waals surface area (Å²) in [6.07, 6.45) is 1.61. The second-order valence-corrected chi connectivity index (χ2v) is 7.38. The maximum absolute atomic E-state index is 12.3. The van der Waals surface area contributed by atoms with Crippen LogP contribution in [-0.4, -0.2) is 31.7 Å². The number of para-hydroxylation sites is 1. The van der Waals surface area contributed by atoms with Gasteiger partial charge < -0.3 is 18.9 Å². The molecule has 0 radical (unpaired) electrons. The minimum absolute atomic E-state index is 0.178.